The summed E-state index contributed by atoms with van der Waals surface area (Å²) in [6, 6.07) is 12.9. The van der Waals surface area contributed by atoms with E-state index < -0.39 is 10.0 Å². The van der Waals surface area contributed by atoms with E-state index in [9.17, 15) is 23.3 Å². The Bertz CT molecular complexity index is 1020. The number of nitrogens with one attached hydrogen (secondary N) is 1. The molecule has 0 saturated carbocycles. The van der Waals surface area contributed by atoms with Gasteiger partial charge in [-0.15, -0.1) is 0 Å². The van der Waals surface area contributed by atoms with Gasteiger partial charge in [-0.3, -0.25) is 14.9 Å². The molecular weight excluding hydrogens is 408 g/mol. The SMILES string of the molecule is NS(=O)(=O)c1ccc(CCNC(=O)C2CCN(c3ccccc3[N+](=O)[O-])CC2)cc1. The van der Waals surface area contributed by atoms with Crippen LogP contribution < -0.4 is 15.4 Å². The van der Waals surface area contributed by atoms with Gasteiger partial charge >= 0.3 is 0 Å². The molecule has 9 nitrogen and oxygen atoms in total. The van der Waals surface area contributed by atoms with Crippen molar-refractivity contribution in [2.24, 2.45) is 11.1 Å². The first-order chi connectivity index (χ1) is 14.3. The molecule has 1 saturated heterocycles. The van der Waals surface area contributed by atoms with Crippen molar-refractivity contribution in [3.05, 3.63) is 64.2 Å². The van der Waals surface area contributed by atoms with Crippen LogP contribution in [0.25, 0.3) is 0 Å². The third kappa shape index (κ3) is 5.33. The van der Waals surface area contributed by atoms with E-state index >= 15 is 0 Å². The molecular formula is C20H24N4O5S. The number of rotatable bonds is 7. The van der Waals surface area contributed by atoms with E-state index in [0.29, 0.717) is 44.6 Å². The van der Waals surface area contributed by atoms with Crippen LogP contribution in [0.1, 0.15) is 18.4 Å². The Balaban J connectivity index is 1.47. The summed E-state index contributed by atoms with van der Waals surface area (Å²) in [6.07, 6.45) is 1.83. The highest BCUT2D eigenvalue weighted by atomic mass is 32.2. The average Bonchev–Trinajstić information content (AvgIpc) is 2.73. The molecule has 2 aromatic carbocycles. The molecule has 0 aromatic heterocycles. The van der Waals surface area contributed by atoms with Crippen LogP contribution in [0.4, 0.5) is 11.4 Å². The average molecular weight is 433 g/mol. The Morgan fingerprint density at radius 3 is 2.37 bits per heavy atom. The van der Waals surface area contributed by atoms with Gasteiger partial charge in [-0.1, -0.05) is 24.3 Å². The lowest BCUT2D eigenvalue weighted by molar-refractivity contribution is -0.384. The zero-order valence-electron chi connectivity index (χ0n) is 16.4. The topological polar surface area (TPSA) is 136 Å². The van der Waals surface area contributed by atoms with E-state index in [4.69, 9.17) is 5.14 Å². The number of sulfonamides is 1. The molecule has 2 aromatic rings. The number of anilines is 1. The van der Waals surface area contributed by atoms with Crippen molar-refractivity contribution < 1.29 is 18.1 Å². The number of primary sulfonamides is 1. The van der Waals surface area contributed by atoms with Gasteiger partial charge in [0.15, 0.2) is 0 Å². The van der Waals surface area contributed by atoms with Gasteiger partial charge in [-0.2, -0.15) is 0 Å². The third-order valence-electron chi connectivity index (χ3n) is 5.25. The number of hydrogen-bond acceptors (Lipinski definition) is 6. The standard InChI is InChI=1S/C20H24N4O5S/c21-30(28,29)17-7-5-15(6-8-17)9-12-22-20(25)16-10-13-23(14-11-16)18-3-1-2-4-19(18)24(26)27/h1-8,16H,9-14H2,(H,22,25)(H2,21,28,29). The summed E-state index contributed by atoms with van der Waals surface area (Å²) in [5.41, 5.74) is 1.56. The van der Waals surface area contributed by atoms with Gasteiger partial charge in [0.25, 0.3) is 5.69 Å². The number of para-hydroxylation sites is 2. The largest absolute Gasteiger partial charge is 0.366 e. The lowest BCUT2D eigenvalue weighted by atomic mass is 9.95. The van der Waals surface area contributed by atoms with Crippen LogP contribution in [0.5, 0.6) is 0 Å². The number of amides is 1. The number of nitro benzene ring substituents is 1. The quantitative estimate of drug-likeness (QED) is 0.506. The van der Waals surface area contributed by atoms with Gasteiger partial charge < -0.3 is 10.2 Å². The van der Waals surface area contributed by atoms with Crippen molar-refractivity contribution in [2.75, 3.05) is 24.5 Å². The number of carbonyl (C=O) groups is 1. The lowest BCUT2D eigenvalue weighted by Gasteiger charge is -2.32. The highest BCUT2D eigenvalue weighted by molar-refractivity contribution is 7.89. The monoisotopic (exact) mass is 432 g/mol. The van der Waals surface area contributed by atoms with E-state index in [1.807, 2.05) is 4.90 Å². The highest BCUT2D eigenvalue weighted by Gasteiger charge is 2.27. The molecule has 1 fully saturated rings. The maximum Gasteiger partial charge on any atom is 0.292 e. The molecule has 160 valence electrons. The molecule has 0 radical (unpaired) electrons. The molecule has 3 N–H and O–H groups in total. The van der Waals surface area contributed by atoms with Crippen molar-refractivity contribution in [1.82, 2.24) is 5.32 Å². The van der Waals surface area contributed by atoms with Gasteiger partial charge in [-0.05, 0) is 43.0 Å². The normalized spacial score (nSPS) is 15.0. The van der Waals surface area contributed by atoms with E-state index in [-0.39, 0.29) is 27.3 Å². The van der Waals surface area contributed by atoms with Crippen LogP contribution in [-0.2, 0) is 21.2 Å². The van der Waals surface area contributed by atoms with E-state index in [1.165, 1.54) is 18.2 Å². The Morgan fingerprint density at radius 1 is 1.13 bits per heavy atom. The van der Waals surface area contributed by atoms with Crippen molar-refractivity contribution in [2.45, 2.75) is 24.2 Å². The maximum absolute atomic E-state index is 12.5. The zero-order valence-corrected chi connectivity index (χ0v) is 17.2. The Morgan fingerprint density at radius 2 is 1.77 bits per heavy atom. The summed E-state index contributed by atoms with van der Waals surface area (Å²) in [4.78, 5) is 25.3. The minimum absolute atomic E-state index is 0.0293. The van der Waals surface area contributed by atoms with Crippen LogP contribution >= 0.6 is 0 Å². The second-order valence-electron chi connectivity index (χ2n) is 7.24. The number of nitrogens with two attached hydrogens (primary N) is 1. The molecule has 0 aliphatic carbocycles. The van der Waals surface area contributed by atoms with Crippen LogP contribution in [0.2, 0.25) is 0 Å². The van der Waals surface area contributed by atoms with Crippen LogP contribution in [0.3, 0.4) is 0 Å². The predicted molar refractivity (Wildman–Crippen MR) is 113 cm³/mol. The molecule has 1 aliphatic rings. The fourth-order valence-electron chi connectivity index (χ4n) is 3.59. The fraction of sp³-hybridized carbons (Fsp3) is 0.350. The number of hydrogen-bond donors (Lipinski definition) is 2. The first-order valence-electron chi connectivity index (χ1n) is 9.63. The van der Waals surface area contributed by atoms with Crippen molar-refractivity contribution in [1.29, 1.82) is 0 Å². The summed E-state index contributed by atoms with van der Waals surface area (Å²) in [5, 5.41) is 19.2. The van der Waals surface area contributed by atoms with Crippen LogP contribution in [0, 0.1) is 16.0 Å². The van der Waals surface area contributed by atoms with Crippen LogP contribution in [-0.4, -0.2) is 38.9 Å². The number of carbonyl (C=O) groups excluding carboxylic acids is 1. The number of nitro groups is 1. The molecule has 0 spiro atoms. The number of nitrogens with zero attached hydrogens (tertiary/aromatic N) is 2. The van der Waals surface area contributed by atoms with E-state index in [2.05, 4.69) is 5.32 Å². The van der Waals surface area contributed by atoms with Gasteiger partial charge in [-0.25, -0.2) is 13.6 Å². The highest BCUT2D eigenvalue weighted by Crippen LogP contribution is 2.31. The molecule has 3 rings (SSSR count). The molecule has 1 heterocycles. The first-order valence-corrected chi connectivity index (χ1v) is 11.2. The van der Waals surface area contributed by atoms with Gasteiger partial charge in [0, 0.05) is 31.6 Å². The fourth-order valence-corrected chi connectivity index (χ4v) is 4.10. The lowest BCUT2D eigenvalue weighted by Crippen LogP contribution is -2.41. The minimum Gasteiger partial charge on any atom is -0.366 e. The number of piperidine rings is 1. The van der Waals surface area contributed by atoms with Crippen molar-refractivity contribution in [3.8, 4) is 0 Å². The molecule has 10 heteroatoms. The third-order valence-corrected chi connectivity index (χ3v) is 6.18. The molecule has 1 aliphatic heterocycles. The predicted octanol–water partition coefficient (Wildman–Crippen LogP) is 1.82. The summed E-state index contributed by atoms with van der Waals surface area (Å²) < 4.78 is 22.5. The summed E-state index contributed by atoms with van der Waals surface area (Å²) >= 11 is 0. The summed E-state index contributed by atoms with van der Waals surface area (Å²) in [7, 11) is -3.71. The molecule has 0 atom stereocenters. The second kappa shape index (κ2) is 9.23. The second-order valence-corrected chi connectivity index (χ2v) is 8.80. The van der Waals surface area contributed by atoms with Crippen LogP contribution in [0.15, 0.2) is 53.4 Å². The van der Waals surface area contributed by atoms with E-state index in [0.717, 1.165) is 5.56 Å². The van der Waals surface area contributed by atoms with Crippen molar-refractivity contribution >= 4 is 27.3 Å². The minimum atomic E-state index is -3.71. The molecule has 30 heavy (non-hydrogen) atoms. The Kier molecular flexibility index (Phi) is 6.68. The van der Waals surface area contributed by atoms with Gasteiger partial charge in [0.2, 0.25) is 15.9 Å². The first kappa shape index (κ1) is 21.7. The Labute approximate surface area is 175 Å². The number of benzene rings is 2. The molecule has 0 unspecified atom stereocenters. The maximum atomic E-state index is 12.5. The summed E-state index contributed by atoms with van der Waals surface area (Å²) in [5.74, 6) is -0.160. The summed E-state index contributed by atoms with van der Waals surface area (Å²) in [6.45, 7) is 1.61. The van der Waals surface area contributed by atoms with E-state index in [1.54, 1.807) is 30.3 Å². The smallest absolute Gasteiger partial charge is 0.292 e. The zero-order chi connectivity index (χ0) is 21.7. The molecule has 1 amide bonds. The Hall–Kier alpha value is -2.98. The van der Waals surface area contributed by atoms with Crippen molar-refractivity contribution in [3.63, 3.8) is 0 Å². The van der Waals surface area contributed by atoms with Gasteiger partial charge in [0.05, 0.1) is 9.82 Å². The van der Waals surface area contributed by atoms with Gasteiger partial charge in [0.1, 0.15) is 5.69 Å². The molecule has 0 bridgehead atoms.